The number of hydrogen-bond donors (Lipinski definition) is 1. The third kappa shape index (κ3) is 8.43. The number of alkyl carbamates (subject to hydrolysis) is 1. The monoisotopic (exact) mass is 761 g/mol. The van der Waals surface area contributed by atoms with E-state index in [4.69, 9.17) is 9.26 Å². The van der Waals surface area contributed by atoms with E-state index in [0.29, 0.717) is 11.1 Å². The first-order valence-corrected chi connectivity index (χ1v) is 19.3. The smallest absolute Gasteiger partial charge is 0.413 e. The standard InChI is InChI=1S/C31H31F4N4O7S2.CH5P.H2/c1-29(2,3)45-28(41)36-22-15-47(42)24-13-21(32)19(25-37-27(46-38-25)30(4,5)48(6,43)44)12-23(24)39(26(22)40)14-16-7-9-17(10-8-16)18-11-20(18)31(33,34)35;1-2;/h7-13,22H,14-15H2,1-6H3,(H,36,41);2H2,1H3;1H/t22-,47?;;/m0../s1. The summed E-state index contributed by atoms with van der Waals surface area (Å²) in [5.41, 5.74) is -1.22. The molecule has 2 amide bonds. The molecule has 0 bridgehead atoms. The third-order valence-corrected chi connectivity index (χ3v) is 11.2. The van der Waals surface area contributed by atoms with Crippen LogP contribution in [0.4, 0.5) is 28.0 Å². The minimum Gasteiger partial charge on any atom is -0.444 e. The molecular formula is C32H38F4N4O7PS2. The normalized spacial score (nSPS) is 18.4. The van der Waals surface area contributed by atoms with E-state index in [0.717, 1.165) is 23.3 Å². The number of ether oxygens (including phenoxy) is 1. The zero-order valence-corrected chi connectivity index (χ0v) is 30.9. The summed E-state index contributed by atoms with van der Waals surface area (Å²) in [6.45, 7) is 9.20. The van der Waals surface area contributed by atoms with Gasteiger partial charge in [-0.05, 0) is 57.9 Å². The Kier molecular flexibility index (Phi) is 11.1. The number of alkyl halides is 3. The van der Waals surface area contributed by atoms with Gasteiger partial charge in [0.2, 0.25) is 11.7 Å². The summed E-state index contributed by atoms with van der Waals surface area (Å²) in [6.07, 6.45) is -3.44. The molecule has 3 aromatic rings. The Bertz CT molecular complexity index is 1960. The Morgan fingerprint density at radius 3 is 2.30 bits per heavy atom. The van der Waals surface area contributed by atoms with Crippen LogP contribution >= 0.6 is 9.24 Å². The van der Waals surface area contributed by atoms with E-state index in [2.05, 4.69) is 24.7 Å². The van der Waals surface area contributed by atoms with E-state index >= 15 is 4.39 Å². The van der Waals surface area contributed by atoms with Crippen LogP contribution in [-0.2, 0) is 41.5 Å². The molecule has 0 saturated heterocycles. The lowest BCUT2D eigenvalue weighted by Gasteiger charge is -2.27. The molecule has 2 heterocycles. The van der Waals surface area contributed by atoms with Crippen molar-refractivity contribution in [3.63, 3.8) is 0 Å². The first-order chi connectivity index (χ1) is 23.1. The van der Waals surface area contributed by atoms with E-state index in [1.54, 1.807) is 20.8 Å². The molecule has 273 valence electrons. The maximum atomic E-state index is 15.6. The lowest BCUT2D eigenvalue weighted by atomic mass is 10.0. The molecule has 11 nitrogen and oxygen atoms in total. The van der Waals surface area contributed by atoms with Crippen LogP contribution in [0.25, 0.3) is 11.4 Å². The number of nitrogens with one attached hydrogen (secondary N) is 1. The lowest BCUT2D eigenvalue weighted by molar-refractivity contribution is -0.120. The summed E-state index contributed by atoms with van der Waals surface area (Å²) >= 11 is 0. The molecule has 0 saturated carbocycles. The van der Waals surface area contributed by atoms with Gasteiger partial charge in [0, 0.05) is 13.3 Å². The number of fused-ring (bicyclic) bond motifs is 1. The van der Waals surface area contributed by atoms with Gasteiger partial charge in [-0.1, -0.05) is 42.2 Å². The van der Waals surface area contributed by atoms with Gasteiger partial charge in [-0.25, -0.2) is 17.6 Å². The number of nitrogens with zero attached hydrogens (tertiary/aromatic N) is 3. The largest absolute Gasteiger partial charge is 0.444 e. The first-order valence-electron chi connectivity index (χ1n) is 15.0. The molecule has 1 aromatic heterocycles. The van der Waals surface area contributed by atoms with E-state index in [1.165, 1.54) is 44.2 Å². The van der Waals surface area contributed by atoms with Gasteiger partial charge < -0.3 is 19.5 Å². The predicted molar refractivity (Wildman–Crippen MR) is 184 cm³/mol. The van der Waals surface area contributed by atoms with Crippen molar-refractivity contribution >= 4 is 47.6 Å². The summed E-state index contributed by atoms with van der Waals surface area (Å²) in [4.78, 5) is 31.9. The number of aromatic nitrogens is 2. The topological polar surface area (TPSA) is 149 Å². The third-order valence-electron chi connectivity index (χ3n) is 7.67. The number of rotatable bonds is 7. The highest BCUT2D eigenvalue weighted by atomic mass is 32.2. The molecule has 3 atom stereocenters. The van der Waals surface area contributed by atoms with Gasteiger partial charge in [0.1, 0.15) is 22.2 Å². The summed E-state index contributed by atoms with van der Waals surface area (Å²) in [6, 6.07) is 6.66. The minimum absolute atomic E-state index is 0. The molecule has 1 radical (unpaired) electrons. The van der Waals surface area contributed by atoms with E-state index in [-0.39, 0.29) is 41.8 Å². The predicted octanol–water partition coefficient (Wildman–Crippen LogP) is 5.87. The maximum absolute atomic E-state index is 15.6. The highest BCUT2D eigenvalue weighted by molar-refractivity contribution is 7.91. The van der Waals surface area contributed by atoms with Gasteiger partial charge in [0.05, 0.1) is 45.2 Å². The second kappa shape index (κ2) is 14.1. The molecule has 1 aliphatic carbocycles. The van der Waals surface area contributed by atoms with Crippen LogP contribution in [0.5, 0.6) is 0 Å². The second-order valence-corrected chi connectivity index (χ2v) is 16.8. The van der Waals surface area contributed by atoms with Gasteiger partial charge >= 0.3 is 12.3 Å². The highest BCUT2D eigenvalue weighted by Gasteiger charge is 2.47. The van der Waals surface area contributed by atoms with Gasteiger partial charge in [0.25, 0.3) is 5.91 Å². The van der Waals surface area contributed by atoms with E-state index in [1.807, 2.05) is 6.66 Å². The summed E-state index contributed by atoms with van der Waals surface area (Å²) in [5.74, 6) is -2.73. The fourth-order valence-corrected chi connectivity index (χ4v) is 6.48. The maximum Gasteiger partial charge on any atom is 0.413 e. The minimum atomic E-state index is -4.48. The molecule has 0 fully saturated rings. The number of carbonyl (C=O) groups excluding carboxylic acids is 2. The highest BCUT2D eigenvalue weighted by Crippen LogP contribution is 2.48. The van der Waals surface area contributed by atoms with Crippen molar-refractivity contribution < 1.29 is 50.5 Å². The molecule has 2 aromatic carbocycles. The number of amides is 2. The van der Waals surface area contributed by atoms with Crippen LogP contribution in [0.15, 0.2) is 57.5 Å². The molecule has 50 heavy (non-hydrogen) atoms. The van der Waals surface area contributed by atoms with Crippen LogP contribution < -0.4 is 10.2 Å². The first kappa shape index (κ1) is 39.1. The fourth-order valence-electron chi connectivity index (χ4n) is 4.73. The van der Waals surface area contributed by atoms with Gasteiger partial charge in [-0.3, -0.25) is 9.00 Å². The Hall–Kier alpha value is -3.69. The number of halogens is 4. The van der Waals surface area contributed by atoms with Crippen molar-refractivity contribution in [2.45, 2.75) is 68.6 Å². The van der Waals surface area contributed by atoms with Crippen LogP contribution in [0.2, 0.25) is 0 Å². The Labute approximate surface area is 293 Å². The van der Waals surface area contributed by atoms with Crippen LogP contribution in [-0.4, -0.2) is 71.3 Å². The number of carbonyl (C=O) groups is 2. The molecule has 2 aliphatic rings. The summed E-state index contributed by atoms with van der Waals surface area (Å²) in [7, 11) is -3.37. The van der Waals surface area contributed by atoms with Crippen molar-refractivity contribution in [1.29, 1.82) is 0 Å². The second-order valence-electron chi connectivity index (χ2n) is 12.8. The van der Waals surface area contributed by atoms with Gasteiger partial charge in [-0.15, -0.1) is 9.24 Å². The fraction of sp³-hybridized carbons (Fsp3) is 0.406. The van der Waals surface area contributed by atoms with Gasteiger partial charge in [-0.2, -0.15) is 18.2 Å². The average molecular weight is 762 g/mol. The van der Waals surface area contributed by atoms with Crippen molar-refractivity contribution in [3.8, 4) is 11.4 Å². The van der Waals surface area contributed by atoms with Crippen molar-refractivity contribution in [2.75, 3.05) is 23.6 Å². The van der Waals surface area contributed by atoms with Crippen LogP contribution in [0, 0.1) is 11.7 Å². The van der Waals surface area contributed by atoms with Gasteiger partial charge in [0.15, 0.2) is 9.84 Å². The number of anilines is 1. The lowest BCUT2D eigenvalue weighted by Crippen LogP contribution is -2.51. The zero-order chi connectivity index (χ0) is 37.6. The molecule has 18 heteroatoms. The van der Waals surface area contributed by atoms with Crippen molar-refractivity contribution in [2.24, 2.45) is 0 Å². The number of benzene rings is 2. The molecule has 1 aliphatic heterocycles. The Morgan fingerprint density at radius 1 is 1.14 bits per heavy atom. The quantitative estimate of drug-likeness (QED) is 0.231. The Balaban J connectivity index is 0.00000230. The van der Waals surface area contributed by atoms with E-state index < -0.39 is 72.3 Å². The average Bonchev–Trinajstić information content (AvgIpc) is 3.69. The van der Waals surface area contributed by atoms with Crippen molar-refractivity contribution in [3.05, 3.63) is 76.8 Å². The zero-order valence-electron chi connectivity index (χ0n) is 28.1. The number of hydrogen-bond acceptors (Lipinski definition) is 9. The molecule has 2 unspecified atom stereocenters. The summed E-state index contributed by atoms with van der Waals surface area (Å²) in [5, 5.41) is 6.20. The summed E-state index contributed by atoms with van der Waals surface area (Å²) < 4.78 is 102. The molecule has 0 spiro atoms. The number of allylic oxidation sites excluding steroid dienone is 2. The number of sulfone groups is 1. The molecular weight excluding hydrogens is 723 g/mol. The SMILES string of the molecule is CC(C)(C)OC(=O)N[C@H]1CS(=O)c2cc(F)c(-c3noc(C(C)(C)S(C)(=O)=O)n3)cc2N(Cc2ccc([C]3C=C3C(F)(F)F)cc2)C1=O.CP.[HH]. The molecule has 1 N–H and O–H groups in total. The van der Waals surface area contributed by atoms with Crippen LogP contribution in [0.3, 0.4) is 0 Å². The Morgan fingerprint density at radius 2 is 1.76 bits per heavy atom. The van der Waals surface area contributed by atoms with E-state index in [9.17, 15) is 35.4 Å². The molecule has 5 rings (SSSR count). The van der Waals surface area contributed by atoms with Crippen LogP contribution in [0.1, 0.15) is 53.1 Å². The van der Waals surface area contributed by atoms with Crippen molar-refractivity contribution in [1.82, 2.24) is 15.5 Å².